The first kappa shape index (κ1) is 10.6. The molecule has 0 radical (unpaired) electrons. The Hall–Kier alpha value is -1.94. The fourth-order valence-electron chi connectivity index (χ4n) is 1.60. The van der Waals surface area contributed by atoms with E-state index in [1.807, 2.05) is 0 Å². The Bertz CT molecular complexity index is 430. The molecular formula is C12H11NO3. The molecule has 2 amide bonds. The molecule has 1 heterocycles. The number of amides is 2. The number of carbonyl (C=O) groups is 2. The van der Waals surface area contributed by atoms with Gasteiger partial charge in [0.2, 0.25) is 0 Å². The number of hydrogen-bond donors (Lipinski definition) is 1. The van der Waals surface area contributed by atoms with Crippen molar-refractivity contribution in [3.8, 4) is 0 Å². The topological polar surface area (TPSA) is 57.6 Å². The number of anilines is 1. The third kappa shape index (κ3) is 1.87. The second-order valence-electron chi connectivity index (χ2n) is 3.49. The molecule has 2 rings (SSSR count). The second-order valence-corrected chi connectivity index (χ2v) is 3.49. The van der Waals surface area contributed by atoms with Crippen molar-refractivity contribution in [3.05, 3.63) is 42.0 Å². The molecule has 16 heavy (non-hydrogen) atoms. The van der Waals surface area contributed by atoms with Crippen LogP contribution in [0.15, 0.2) is 36.4 Å². The molecule has 4 nitrogen and oxygen atoms in total. The van der Waals surface area contributed by atoms with Crippen LogP contribution in [-0.2, 0) is 16.0 Å². The summed E-state index contributed by atoms with van der Waals surface area (Å²) in [7, 11) is 0. The van der Waals surface area contributed by atoms with E-state index >= 15 is 0 Å². The zero-order chi connectivity index (χ0) is 11.5. The van der Waals surface area contributed by atoms with Crippen LogP contribution in [0.4, 0.5) is 5.69 Å². The van der Waals surface area contributed by atoms with Crippen molar-refractivity contribution < 1.29 is 14.7 Å². The number of benzene rings is 1. The summed E-state index contributed by atoms with van der Waals surface area (Å²) in [5.41, 5.74) is 1.53. The lowest BCUT2D eigenvalue weighted by molar-refractivity contribution is -0.119. The molecule has 0 atom stereocenters. The lowest BCUT2D eigenvalue weighted by Crippen LogP contribution is -2.29. The minimum Gasteiger partial charge on any atom is -0.396 e. The molecule has 0 unspecified atom stereocenters. The summed E-state index contributed by atoms with van der Waals surface area (Å²) in [5, 5.41) is 8.76. The minimum atomic E-state index is -0.320. The van der Waals surface area contributed by atoms with Crippen LogP contribution in [0.2, 0.25) is 0 Å². The standard InChI is InChI=1S/C12H11NO3/c14-8-7-9-1-3-10(4-2-9)13-11(15)5-6-12(13)16/h1-6,14H,7-8H2. The second kappa shape index (κ2) is 4.28. The number of imide groups is 1. The summed E-state index contributed by atoms with van der Waals surface area (Å²) in [5.74, 6) is -0.639. The minimum absolute atomic E-state index is 0.0858. The van der Waals surface area contributed by atoms with E-state index in [0.29, 0.717) is 12.1 Å². The molecule has 82 valence electrons. The van der Waals surface area contributed by atoms with Crippen molar-refractivity contribution in [2.45, 2.75) is 6.42 Å². The molecule has 0 fully saturated rings. The van der Waals surface area contributed by atoms with E-state index in [-0.39, 0.29) is 18.4 Å². The molecule has 1 aromatic carbocycles. The van der Waals surface area contributed by atoms with Crippen LogP contribution < -0.4 is 4.90 Å². The fourth-order valence-corrected chi connectivity index (χ4v) is 1.60. The molecule has 0 bridgehead atoms. The number of aliphatic hydroxyl groups is 1. The highest BCUT2D eigenvalue weighted by atomic mass is 16.3. The monoisotopic (exact) mass is 217 g/mol. The van der Waals surface area contributed by atoms with E-state index in [2.05, 4.69) is 0 Å². The molecule has 0 aliphatic carbocycles. The first-order chi connectivity index (χ1) is 7.72. The predicted octanol–water partition coefficient (Wildman–Crippen LogP) is 0.651. The highest BCUT2D eigenvalue weighted by molar-refractivity contribution is 6.28. The molecule has 1 N–H and O–H groups in total. The van der Waals surface area contributed by atoms with E-state index in [1.165, 1.54) is 12.2 Å². The number of aliphatic hydroxyl groups excluding tert-OH is 1. The molecule has 0 saturated carbocycles. The summed E-state index contributed by atoms with van der Waals surface area (Å²) < 4.78 is 0. The summed E-state index contributed by atoms with van der Waals surface area (Å²) in [6.07, 6.45) is 3.08. The van der Waals surface area contributed by atoms with Gasteiger partial charge in [-0.15, -0.1) is 0 Å². The average molecular weight is 217 g/mol. The van der Waals surface area contributed by atoms with Gasteiger partial charge >= 0.3 is 0 Å². The molecule has 4 heteroatoms. The fraction of sp³-hybridized carbons (Fsp3) is 0.167. The van der Waals surface area contributed by atoms with Gasteiger partial charge in [-0.25, -0.2) is 4.90 Å². The largest absolute Gasteiger partial charge is 0.396 e. The zero-order valence-corrected chi connectivity index (χ0v) is 8.59. The zero-order valence-electron chi connectivity index (χ0n) is 8.59. The number of nitrogens with zero attached hydrogens (tertiary/aromatic N) is 1. The predicted molar refractivity (Wildman–Crippen MR) is 58.9 cm³/mol. The smallest absolute Gasteiger partial charge is 0.258 e. The quantitative estimate of drug-likeness (QED) is 0.756. The van der Waals surface area contributed by atoms with E-state index in [1.54, 1.807) is 24.3 Å². The third-order valence-electron chi connectivity index (χ3n) is 2.40. The van der Waals surface area contributed by atoms with Crippen LogP contribution >= 0.6 is 0 Å². The van der Waals surface area contributed by atoms with Gasteiger partial charge in [0.1, 0.15) is 0 Å². The number of rotatable bonds is 3. The van der Waals surface area contributed by atoms with Crippen molar-refractivity contribution >= 4 is 17.5 Å². The van der Waals surface area contributed by atoms with Crippen LogP contribution in [0.1, 0.15) is 5.56 Å². The van der Waals surface area contributed by atoms with Gasteiger partial charge in [0.05, 0.1) is 5.69 Å². The van der Waals surface area contributed by atoms with E-state index < -0.39 is 0 Å². The van der Waals surface area contributed by atoms with Gasteiger partial charge < -0.3 is 5.11 Å². The van der Waals surface area contributed by atoms with Gasteiger partial charge in [0, 0.05) is 18.8 Å². The maximum Gasteiger partial charge on any atom is 0.258 e. The SMILES string of the molecule is O=C1C=CC(=O)N1c1ccc(CCO)cc1. The summed E-state index contributed by atoms with van der Waals surface area (Å²) in [4.78, 5) is 23.9. The first-order valence-corrected chi connectivity index (χ1v) is 4.98. The summed E-state index contributed by atoms with van der Waals surface area (Å²) >= 11 is 0. The van der Waals surface area contributed by atoms with Crippen LogP contribution in [0, 0.1) is 0 Å². The van der Waals surface area contributed by atoms with Crippen LogP contribution in [0.3, 0.4) is 0 Å². The molecule has 1 aromatic rings. The first-order valence-electron chi connectivity index (χ1n) is 4.98. The third-order valence-corrected chi connectivity index (χ3v) is 2.40. The number of hydrogen-bond acceptors (Lipinski definition) is 3. The van der Waals surface area contributed by atoms with Crippen LogP contribution in [0.25, 0.3) is 0 Å². The molecular weight excluding hydrogens is 206 g/mol. The Morgan fingerprint density at radius 2 is 1.56 bits per heavy atom. The van der Waals surface area contributed by atoms with Gasteiger partial charge in [-0.05, 0) is 24.1 Å². The van der Waals surface area contributed by atoms with Gasteiger partial charge in [-0.1, -0.05) is 12.1 Å². The molecule has 0 aromatic heterocycles. The summed E-state index contributed by atoms with van der Waals surface area (Å²) in [6, 6.07) is 7.00. The summed E-state index contributed by atoms with van der Waals surface area (Å²) in [6.45, 7) is 0.0858. The van der Waals surface area contributed by atoms with Gasteiger partial charge in [0.25, 0.3) is 11.8 Å². The maximum absolute atomic E-state index is 11.4. The Morgan fingerprint density at radius 1 is 1.00 bits per heavy atom. The Kier molecular flexibility index (Phi) is 2.83. The normalized spacial score (nSPS) is 14.9. The van der Waals surface area contributed by atoms with E-state index in [9.17, 15) is 9.59 Å². The Balaban J connectivity index is 2.22. The number of carbonyl (C=O) groups excluding carboxylic acids is 2. The van der Waals surface area contributed by atoms with Crippen molar-refractivity contribution in [1.29, 1.82) is 0 Å². The lowest BCUT2D eigenvalue weighted by atomic mass is 10.1. The average Bonchev–Trinajstić information content (AvgIpc) is 2.61. The van der Waals surface area contributed by atoms with Crippen molar-refractivity contribution in [2.75, 3.05) is 11.5 Å². The Morgan fingerprint density at radius 3 is 2.06 bits per heavy atom. The van der Waals surface area contributed by atoms with Gasteiger partial charge in [-0.3, -0.25) is 9.59 Å². The van der Waals surface area contributed by atoms with E-state index in [4.69, 9.17) is 5.11 Å². The van der Waals surface area contributed by atoms with Crippen molar-refractivity contribution in [2.24, 2.45) is 0 Å². The van der Waals surface area contributed by atoms with Crippen molar-refractivity contribution in [1.82, 2.24) is 0 Å². The van der Waals surface area contributed by atoms with Crippen molar-refractivity contribution in [3.63, 3.8) is 0 Å². The maximum atomic E-state index is 11.4. The molecule has 1 aliphatic rings. The molecule has 0 spiro atoms. The lowest BCUT2D eigenvalue weighted by Gasteiger charge is -2.13. The van der Waals surface area contributed by atoms with Crippen LogP contribution in [-0.4, -0.2) is 23.5 Å². The van der Waals surface area contributed by atoms with E-state index in [0.717, 1.165) is 10.5 Å². The van der Waals surface area contributed by atoms with Crippen LogP contribution in [0.5, 0.6) is 0 Å². The van der Waals surface area contributed by atoms with Gasteiger partial charge in [-0.2, -0.15) is 0 Å². The van der Waals surface area contributed by atoms with Gasteiger partial charge in [0.15, 0.2) is 0 Å². The highest BCUT2D eigenvalue weighted by Crippen LogP contribution is 2.19. The highest BCUT2D eigenvalue weighted by Gasteiger charge is 2.24. The molecule has 0 saturated heterocycles. The Labute approximate surface area is 92.8 Å². The molecule has 1 aliphatic heterocycles.